The molecule has 0 radical (unpaired) electrons. The Hall–Kier alpha value is -3.45. The monoisotopic (exact) mass is 525 g/mol. The standard InChI is InChI=1S/C27H31N5O4.ClH/c1-16(2)35-24-8-6-19(11-21(24)12-28)27-30-26(31-36-27)23-7-5-20-15-32(10-9-22(20)18(23)4)25(34)14-29-13-17(3)33;/h5-8,11,16-17,29,33H,9-10,13-15H2,1-4H3;1H/t17-;/m1./s1. The summed E-state index contributed by atoms with van der Waals surface area (Å²) in [4.78, 5) is 19.0. The number of nitriles is 1. The molecule has 4 rings (SSSR count). The minimum Gasteiger partial charge on any atom is -0.490 e. The maximum atomic E-state index is 12.5. The molecule has 0 fully saturated rings. The minimum atomic E-state index is -0.488. The van der Waals surface area contributed by atoms with Crippen molar-refractivity contribution >= 4 is 18.3 Å². The molecular weight excluding hydrogens is 494 g/mol. The van der Waals surface area contributed by atoms with Crippen LogP contribution >= 0.6 is 12.4 Å². The lowest BCUT2D eigenvalue weighted by molar-refractivity contribution is -0.131. The number of carbonyl (C=O) groups is 1. The molecule has 2 heterocycles. The highest BCUT2D eigenvalue weighted by atomic mass is 35.5. The number of hydrogen-bond donors (Lipinski definition) is 2. The van der Waals surface area contributed by atoms with Gasteiger partial charge in [-0.2, -0.15) is 10.2 Å². The average Bonchev–Trinajstić information content (AvgIpc) is 3.33. The number of aliphatic hydroxyl groups is 1. The van der Waals surface area contributed by atoms with Gasteiger partial charge in [0.1, 0.15) is 11.8 Å². The Balaban J connectivity index is 0.00000380. The predicted molar refractivity (Wildman–Crippen MR) is 141 cm³/mol. The van der Waals surface area contributed by atoms with Crippen LogP contribution in [0, 0.1) is 18.3 Å². The summed E-state index contributed by atoms with van der Waals surface area (Å²) >= 11 is 0. The predicted octanol–water partition coefficient (Wildman–Crippen LogP) is 3.65. The van der Waals surface area contributed by atoms with Crippen LogP contribution in [-0.4, -0.2) is 57.9 Å². The van der Waals surface area contributed by atoms with Crippen LogP contribution in [0.25, 0.3) is 22.8 Å². The number of halogens is 1. The van der Waals surface area contributed by atoms with Crippen molar-refractivity contribution in [2.75, 3.05) is 19.6 Å². The molecule has 1 aliphatic rings. The molecule has 0 unspecified atom stereocenters. The van der Waals surface area contributed by atoms with Gasteiger partial charge < -0.3 is 24.6 Å². The molecule has 37 heavy (non-hydrogen) atoms. The highest BCUT2D eigenvalue weighted by Gasteiger charge is 2.24. The molecular formula is C27H32ClN5O4. The zero-order chi connectivity index (χ0) is 25.8. The largest absolute Gasteiger partial charge is 0.490 e. The van der Waals surface area contributed by atoms with Crippen molar-refractivity contribution in [1.82, 2.24) is 20.4 Å². The lowest BCUT2D eigenvalue weighted by Gasteiger charge is -2.30. The highest BCUT2D eigenvalue weighted by molar-refractivity contribution is 5.85. The van der Waals surface area contributed by atoms with Crippen LogP contribution in [-0.2, 0) is 17.8 Å². The summed E-state index contributed by atoms with van der Waals surface area (Å²) in [6, 6.07) is 11.4. The van der Waals surface area contributed by atoms with E-state index in [4.69, 9.17) is 9.26 Å². The molecule has 3 aromatic rings. The highest BCUT2D eigenvalue weighted by Crippen LogP contribution is 2.32. The summed E-state index contributed by atoms with van der Waals surface area (Å²) < 4.78 is 11.2. The molecule has 1 amide bonds. The lowest BCUT2D eigenvalue weighted by Crippen LogP contribution is -2.42. The number of aliphatic hydroxyl groups excluding tert-OH is 1. The third-order valence-corrected chi connectivity index (χ3v) is 6.13. The van der Waals surface area contributed by atoms with Crippen molar-refractivity contribution in [3.8, 4) is 34.7 Å². The maximum absolute atomic E-state index is 12.5. The van der Waals surface area contributed by atoms with Gasteiger partial charge in [-0.05, 0) is 69.0 Å². The van der Waals surface area contributed by atoms with Crippen LogP contribution in [0.2, 0.25) is 0 Å². The van der Waals surface area contributed by atoms with Gasteiger partial charge in [0.05, 0.1) is 24.3 Å². The number of aromatic nitrogens is 2. The molecule has 0 bridgehead atoms. The number of nitrogens with one attached hydrogen (secondary N) is 1. The molecule has 1 aliphatic heterocycles. The minimum absolute atomic E-state index is 0. The van der Waals surface area contributed by atoms with Gasteiger partial charge in [-0.25, -0.2) is 0 Å². The van der Waals surface area contributed by atoms with Crippen molar-refractivity contribution in [1.29, 1.82) is 5.26 Å². The van der Waals surface area contributed by atoms with Crippen molar-refractivity contribution in [2.24, 2.45) is 0 Å². The van der Waals surface area contributed by atoms with Gasteiger partial charge >= 0.3 is 0 Å². The molecule has 0 spiro atoms. The number of amides is 1. The third-order valence-electron chi connectivity index (χ3n) is 6.13. The third kappa shape index (κ3) is 6.46. The average molecular weight is 526 g/mol. The number of carbonyl (C=O) groups excluding carboxylic acids is 1. The van der Waals surface area contributed by atoms with Gasteiger partial charge in [-0.3, -0.25) is 4.79 Å². The van der Waals surface area contributed by atoms with Gasteiger partial charge in [0.25, 0.3) is 5.89 Å². The van der Waals surface area contributed by atoms with Crippen LogP contribution in [0.4, 0.5) is 0 Å². The van der Waals surface area contributed by atoms with E-state index in [2.05, 4.69) is 21.5 Å². The fraction of sp³-hybridized carbons (Fsp3) is 0.407. The van der Waals surface area contributed by atoms with Crippen LogP contribution < -0.4 is 10.1 Å². The Morgan fingerprint density at radius 2 is 2.08 bits per heavy atom. The number of benzene rings is 2. The Bertz CT molecular complexity index is 1300. The first-order valence-electron chi connectivity index (χ1n) is 12.1. The molecule has 2 aromatic carbocycles. The quantitative estimate of drug-likeness (QED) is 0.456. The second kappa shape index (κ2) is 12.2. The molecule has 2 N–H and O–H groups in total. The Kier molecular flexibility index (Phi) is 9.27. The van der Waals surface area contributed by atoms with Crippen LogP contribution in [0.5, 0.6) is 5.75 Å². The first kappa shape index (κ1) is 28.1. The van der Waals surface area contributed by atoms with Gasteiger partial charge in [-0.1, -0.05) is 17.3 Å². The van der Waals surface area contributed by atoms with E-state index in [-0.39, 0.29) is 31.0 Å². The SMILES string of the molecule is Cc1c(-c2noc(-c3ccc(OC(C)C)c(C#N)c3)n2)ccc2c1CCN(C(=O)CNC[C@@H](C)O)C2.Cl. The van der Waals surface area contributed by atoms with E-state index in [1.54, 1.807) is 25.1 Å². The lowest BCUT2D eigenvalue weighted by atomic mass is 9.91. The number of ether oxygens (including phenoxy) is 1. The van der Waals surface area contributed by atoms with E-state index in [1.807, 2.05) is 37.8 Å². The van der Waals surface area contributed by atoms with Crippen LogP contribution in [0.15, 0.2) is 34.9 Å². The van der Waals surface area contributed by atoms with Gasteiger partial charge in [0.15, 0.2) is 0 Å². The molecule has 0 aliphatic carbocycles. The van der Waals surface area contributed by atoms with Crippen molar-refractivity contribution in [3.63, 3.8) is 0 Å². The molecule has 1 atom stereocenters. The van der Waals surface area contributed by atoms with E-state index in [0.29, 0.717) is 48.2 Å². The second-order valence-corrected chi connectivity index (χ2v) is 9.33. The van der Waals surface area contributed by atoms with Crippen LogP contribution in [0.1, 0.15) is 43.0 Å². The van der Waals surface area contributed by atoms with E-state index in [0.717, 1.165) is 23.1 Å². The molecule has 9 nitrogen and oxygen atoms in total. The summed E-state index contributed by atoms with van der Waals surface area (Å²) in [6.07, 6.45) is 0.213. The number of rotatable bonds is 8. The van der Waals surface area contributed by atoms with Gasteiger partial charge in [-0.15, -0.1) is 12.4 Å². The summed E-state index contributed by atoms with van der Waals surface area (Å²) in [5.74, 6) is 1.35. The Labute approximate surface area is 222 Å². The molecule has 1 aromatic heterocycles. The summed E-state index contributed by atoms with van der Waals surface area (Å²) in [5.41, 5.74) is 5.30. The summed E-state index contributed by atoms with van der Waals surface area (Å²) in [5, 5.41) is 26.1. The van der Waals surface area contributed by atoms with Crippen molar-refractivity contribution < 1.29 is 19.2 Å². The van der Waals surface area contributed by atoms with Crippen molar-refractivity contribution in [3.05, 3.63) is 52.6 Å². The number of fused-ring (bicyclic) bond motifs is 1. The zero-order valence-electron chi connectivity index (χ0n) is 21.4. The molecule has 10 heteroatoms. The number of nitrogens with zero attached hydrogens (tertiary/aromatic N) is 4. The fourth-order valence-electron chi connectivity index (χ4n) is 4.35. The van der Waals surface area contributed by atoms with Crippen LogP contribution in [0.3, 0.4) is 0 Å². The first-order valence-corrected chi connectivity index (χ1v) is 12.1. The Morgan fingerprint density at radius 1 is 1.30 bits per heavy atom. The summed E-state index contributed by atoms with van der Waals surface area (Å²) in [7, 11) is 0. The Morgan fingerprint density at radius 3 is 2.78 bits per heavy atom. The van der Waals surface area contributed by atoms with E-state index in [1.165, 1.54) is 5.56 Å². The number of hydrogen-bond acceptors (Lipinski definition) is 8. The first-order chi connectivity index (χ1) is 17.3. The maximum Gasteiger partial charge on any atom is 0.258 e. The van der Waals surface area contributed by atoms with Gasteiger partial charge in [0.2, 0.25) is 11.7 Å². The van der Waals surface area contributed by atoms with E-state index < -0.39 is 6.10 Å². The van der Waals surface area contributed by atoms with Crippen molar-refractivity contribution in [2.45, 2.75) is 52.9 Å². The van der Waals surface area contributed by atoms with E-state index in [9.17, 15) is 15.2 Å². The fourth-order valence-corrected chi connectivity index (χ4v) is 4.35. The zero-order valence-corrected chi connectivity index (χ0v) is 22.3. The molecule has 0 saturated carbocycles. The smallest absolute Gasteiger partial charge is 0.258 e. The van der Waals surface area contributed by atoms with E-state index >= 15 is 0 Å². The van der Waals surface area contributed by atoms with Gasteiger partial charge in [0, 0.05) is 30.8 Å². The second-order valence-electron chi connectivity index (χ2n) is 9.33. The normalized spacial score (nSPS) is 13.5. The topological polar surface area (TPSA) is 125 Å². The summed E-state index contributed by atoms with van der Waals surface area (Å²) in [6.45, 7) is 9.32. The molecule has 0 saturated heterocycles. The molecule has 196 valence electrons.